The minimum atomic E-state index is -0.00611. The minimum absolute atomic E-state index is 0.00611. The quantitative estimate of drug-likeness (QED) is 0.780. The van der Waals surface area contributed by atoms with Crippen LogP contribution in [-0.2, 0) is 4.79 Å². The average Bonchev–Trinajstić information content (AvgIpc) is 2.40. The number of nitrogens with zero attached hydrogens (tertiary/aromatic N) is 1. The van der Waals surface area contributed by atoms with Crippen molar-refractivity contribution in [1.29, 1.82) is 0 Å². The maximum atomic E-state index is 12.3. The third-order valence-electron chi connectivity index (χ3n) is 4.00. The molecule has 3 aliphatic rings. The largest absolute Gasteiger partial charge is 0.497 e. The van der Waals surface area contributed by atoms with E-state index in [2.05, 4.69) is 4.90 Å². The zero-order valence-corrected chi connectivity index (χ0v) is 10.1. The minimum Gasteiger partial charge on any atom is -0.497 e. The van der Waals surface area contributed by atoms with Crippen molar-refractivity contribution in [3.05, 3.63) is 29.8 Å². The van der Waals surface area contributed by atoms with E-state index in [4.69, 9.17) is 4.74 Å². The van der Waals surface area contributed by atoms with Crippen LogP contribution in [0, 0.1) is 5.92 Å². The highest BCUT2D eigenvalue weighted by molar-refractivity contribution is 5.89. The number of Topliss-reactive ketones (excluding diaryl/α,β-unsaturated/α-hetero) is 1. The Bertz CT molecular complexity index is 418. The maximum Gasteiger partial charge on any atom is 0.157 e. The zero-order chi connectivity index (χ0) is 11.8. The van der Waals surface area contributed by atoms with Gasteiger partial charge in [0.15, 0.2) is 5.78 Å². The number of methoxy groups -OCH3 is 1. The molecular formula is C14H17NO2. The van der Waals surface area contributed by atoms with E-state index in [1.165, 1.54) is 0 Å². The first kappa shape index (κ1) is 10.8. The molecule has 3 nitrogen and oxygen atoms in total. The van der Waals surface area contributed by atoms with Gasteiger partial charge in [-0.15, -0.1) is 0 Å². The van der Waals surface area contributed by atoms with Crippen LogP contribution < -0.4 is 4.74 Å². The maximum absolute atomic E-state index is 12.3. The molecule has 1 aromatic carbocycles. The molecule has 0 radical (unpaired) electrons. The average molecular weight is 231 g/mol. The molecule has 1 unspecified atom stereocenters. The number of rotatable bonds is 2. The van der Waals surface area contributed by atoms with Gasteiger partial charge < -0.3 is 4.74 Å². The summed E-state index contributed by atoms with van der Waals surface area (Å²) in [6.07, 6.45) is 2.09. The molecule has 1 atom stereocenters. The van der Waals surface area contributed by atoms with Crippen molar-refractivity contribution in [2.75, 3.05) is 20.2 Å². The van der Waals surface area contributed by atoms with Gasteiger partial charge in [-0.3, -0.25) is 9.69 Å². The molecule has 4 rings (SSSR count). The Kier molecular flexibility index (Phi) is 2.63. The van der Waals surface area contributed by atoms with E-state index in [-0.39, 0.29) is 6.04 Å². The van der Waals surface area contributed by atoms with Gasteiger partial charge in [-0.2, -0.15) is 0 Å². The molecular weight excluding hydrogens is 214 g/mol. The summed E-state index contributed by atoms with van der Waals surface area (Å²) in [5.74, 6) is 1.55. The molecule has 0 amide bonds. The summed E-state index contributed by atoms with van der Waals surface area (Å²) in [6.45, 7) is 2.13. The van der Waals surface area contributed by atoms with Crippen molar-refractivity contribution in [2.45, 2.75) is 18.9 Å². The van der Waals surface area contributed by atoms with E-state index in [0.717, 1.165) is 37.2 Å². The summed E-state index contributed by atoms with van der Waals surface area (Å²) in [4.78, 5) is 14.6. The van der Waals surface area contributed by atoms with Crippen LogP contribution in [0.2, 0.25) is 0 Å². The van der Waals surface area contributed by atoms with E-state index in [9.17, 15) is 4.79 Å². The molecule has 2 bridgehead atoms. The summed E-state index contributed by atoms with van der Waals surface area (Å²) in [7, 11) is 1.66. The summed E-state index contributed by atoms with van der Waals surface area (Å²) >= 11 is 0. The lowest BCUT2D eigenvalue weighted by atomic mass is 9.79. The molecule has 1 aromatic rings. The number of hydrogen-bond donors (Lipinski definition) is 0. The summed E-state index contributed by atoms with van der Waals surface area (Å²) in [5, 5.41) is 0. The van der Waals surface area contributed by atoms with Crippen molar-refractivity contribution in [1.82, 2.24) is 4.90 Å². The van der Waals surface area contributed by atoms with Gasteiger partial charge in [-0.25, -0.2) is 0 Å². The van der Waals surface area contributed by atoms with Gasteiger partial charge in [-0.1, -0.05) is 12.1 Å². The van der Waals surface area contributed by atoms with Crippen LogP contribution in [0.15, 0.2) is 24.3 Å². The van der Waals surface area contributed by atoms with Crippen LogP contribution >= 0.6 is 0 Å². The second kappa shape index (κ2) is 4.15. The SMILES string of the molecule is COc1ccc(C2C(=O)C3CCN2CC3)cc1. The topological polar surface area (TPSA) is 29.5 Å². The first-order valence-electron chi connectivity index (χ1n) is 6.21. The van der Waals surface area contributed by atoms with Gasteiger partial charge in [0, 0.05) is 5.92 Å². The summed E-state index contributed by atoms with van der Waals surface area (Å²) in [6, 6.07) is 7.90. The number of carbonyl (C=O) groups excluding carboxylic acids is 1. The lowest BCUT2D eigenvalue weighted by molar-refractivity contribution is -0.137. The smallest absolute Gasteiger partial charge is 0.157 e. The summed E-state index contributed by atoms with van der Waals surface area (Å²) < 4.78 is 5.15. The fraction of sp³-hybridized carbons (Fsp3) is 0.500. The first-order chi connectivity index (χ1) is 8.29. The number of carbonyl (C=O) groups is 1. The third kappa shape index (κ3) is 1.75. The lowest BCUT2D eigenvalue weighted by Crippen LogP contribution is -2.50. The number of ketones is 1. The molecule has 0 spiro atoms. The molecule has 3 heteroatoms. The number of benzene rings is 1. The predicted molar refractivity (Wildman–Crippen MR) is 65.0 cm³/mol. The first-order valence-corrected chi connectivity index (χ1v) is 6.21. The Hall–Kier alpha value is -1.35. The molecule has 0 N–H and O–H groups in total. The Morgan fingerprint density at radius 3 is 2.35 bits per heavy atom. The van der Waals surface area contributed by atoms with E-state index in [1.807, 2.05) is 24.3 Å². The second-order valence-electron chi connectivity index (χ2n) is 4.89. The standard InChI is InChI=1S/C14H17NO2/c1-17-12-4-2-10(3-5-12)13-14(16)11-6-8-15(13)9-7-11/h2-5,11,13H,6-9H2,1H3. The van der Waals surface area contributed by atoms with E-state index in [0.29, 0.717) is 11.7 Å². The van der Waals surface area contributed by atoms with Crippen LogP contribution in [0.1, 0.15) is 24.4 Å². The molecule has 3 heterocycles. The molecule has 0 aliphatic carbocycles. The molecule has 0 saturated carbocycles. The summed E-state index contributed by atoms with van der Waals surface area (Å²) in [5.41, 5.74) is 1.11. The Morgan fingerprint density at radius 1 is 1.18 bits per heavy atom. The van der Waals surface area contributed by atoms with Crippen molar-refractivity contribution in [3.8, 4) is 5.75 Å². The second-order valence-corrected chi connectivity index (χ2v) is 4.89. The lowest BCUT2D eigenvalue weighted by Gasteiger charge is -2.44. The molecule has 3 fully saturated rings. The number of fused-ring (bicyclic) bond motifs is 3. The van der Waals surface area contributed by atoms with Gasteiger partial charge in [0.1, 0.15) is 5.75 Å². The van der Waals surface area contributed by atoms with Gasteiger partial charge in [-0.05, 0) is 43.6 Å². The fourth-order valence-electron chi connectivity index (χ4n) is 3.01. The zero-order valence-electron chi connectivity index (χ0n) is 10.1. The van der Waals surface area contributed by atoms with Crippen molar-refractivity contribution in [2.24, 2.45) is 5.92 Å². The van der Waals surface area contributed by atoms with Crippen LogP contribution in [0.3, 0.4) is 0 Å². The Labute approximate surface area is 101 Å². The van der Waals surface area contributed by atoms with E-state index in [1.54, 1.807) is 7.11 Å². The Balaban J connectivity index is 1.89. The van der Waals surface area contributed by atoms with Crippen LogP contribution in [-0.4, -0.2) is 30.9 Å². The third-order valence-corrected chi connectivity index (χ3v) is 4.00. The van der Waals surface area contributed by atoms with Crippen LogP contribution in [0.4, 0.5) is 0 Å². The van der Waals surface area contributed by atoms with Crippen LogP contribution in [0.5, 0.6) is 5.75 Å². The van der Waals surface area contributed by atoms with E-state index < -0.39 is 0 Å². The van der Waals surface area contributed by atoms with E-state index >= 15 is 0 Å². The fourth-order valence-corrected chi connectivity index (χ4v) is 3.01. The molecule has 3 aliphatic heterocycles. The number of ether oxygens (including phenoxy) is 1. The molecule has 17 heavy (non-hydrogen) atoms. The molecule has 90 valence electrons. The van der Waals surface area contributed by atoms with Crippen LogP contribution in [0.25, 0.3) is 0 Å². The normalized spacial score (nSPS) is 31.6. The highest BCUT2D eigenvalue weighted by atomic mass is 16.5. The highest BCUT2D eigenvalue weighted by Gasteiger charge is 2.41. The Morgan fingerprint density at radius 2 is 1.82 bits per heavy atom. The number of hydrogen-bond acceptors (Lipinski definition) is 3. The molecule has 0 aromatic heterocycles. The van der Waals surface area contributed by atoms with Gasteiger partial charge in [0.25, 0.3) is 0 Å². The number of piperidine rings is 3. The monoisotopic (exact) mass is 231 g/mol. The molecule has 3 saturated heterocycles. The highest BCUT2D eigenvalue weighted by Crippen LogP contribution is 2.37. The van der Waals surface area contributed by atoms with Gasteiger partial charge in [0.2, 0.25) is 0 Å². The van der Waals surface area contributed by atoms with Gasteiger partial charge in [0.05, 0.1) is 13.2 Å². The van der Waals surface area contributed by atoms with Crippen molar-refractivity contribution < 1.29 is 9.53 Å². The van der Waals surface area contributed by atoms with Gasteiger partial charge >= 0.3 is 0 Å². The van der Waals surface area contributed by atoms with Crippen molar-refractivity contribution >= 4 is 5.78 Å². The predicted octanol–water partition coefficient (Wildman–Crippen LogP) is 2.03. The van der Waals surface area contributed by atoms with Crippen molar-refractivity contribution in [3.63, 3.8) is 0 Å².